The molecule has 35 heavy (non-hydrogen) atoms. The lowest BCUT2D eigenvalue weighted by atomic mass is 9.80. The molecule has 0 spiro atoms. The molecule has 176 valence electrons. The minimum atomic E-state index is -0.620. The van der Waals surface area contributed by atoms with Crippen LogP contribution in [0.15, 0.2) is 89.6 Å². The Labute approximate surface area is 209 Å². The molecule has 0 fully saturated rings. The Hall–Kier alpha value is -3.83. The van der Waals surface area contributed by atoms with Crippen molar-refractivity contribution >= 4 is 29.1 Å². The number of hydrogen-bond acceptors (Lipinski definition) is 5. The van der Waals surface area contributed by atoms with Crippen molar-refractivity contribution in [2.24, 2.45) is 0 Å². The van der Waals surface area contributed by atoms with E-state index < -0.39 is 11.9 Å². The summed E-state index contributed by atoms with van der Waals surface area (Å²) in [5.74, 6) is -0.658. The van der Waals surface area contributed by atoms with Gasteiger partial charge in [-0.15, -0.1) is 0 Å². The normalized spacial score (nSPS) is 16.5. The third-order valence-corrected chi connectivity index (χ3v) is 6.57. The van der Waals surface area contributed by atoms with Gasteiger partial charge in [-0.3, -0.25) is 4.79 Å². The van der Waals surface area contributed by atoms with Gasteiger partial charge in [0.2, 0.25) is 0 Å². The average Bonchev–Trinajstić information content (AvgIpc) is 3.14. The zero-order chi connectivity index (χ0) is 24.5. The number of allylic oxidation sites excluding steroid dienone is 2. The van der Waals surface area contributed by atoms with Gasteiger partial charge >= 0.3 is 5.97 Å². The van der Waals surface area contributed by atoms with Crippen molar-refractivity contribution in [1.82, 2.24) is 5.32 Å². The fourth-order valence-electron chi connectivity index (χ4n) is 4.69. The smallest absolute Gasteiger partial charge is 0.336 e. The number of benzene rings is 3. The van der Waals surface area contributed by atoms with Crippen molar-refractivity contribution in [1.29, 1.82) is 0 Å². The molecular weight excluding hydrogens is 462 g/mol. The molecule has 0 saturated carbocycles. The van der Waals surface area contributed by atoms with Gasteiger partial charge in [0.15, 0.2) is 5.78 Å². The van der Waals surface area contributed by atoms with E-state index in [1.165, 1.54) is 0 Å². The molecule has 1 atom stereocenters. The van der Waals surface area contributed by atoms with E-state index in [0.29, 0.717) is 39.8 Å². The minimum absolute atomic E-state index is 0.108. The fraction of sp³-hybridized carbons (Fsp3) is 0.172. The van der Waals surface area contributed by atoms with Gasteiger partial charge in [-0.25, -0.2) is 4.79 Å². The number of ketones is 1. The lowest BCUT2D eigenvalue weighted by Crippen LogP contribution is -2.29. The number of fused-ring (bicyclic) bond motifs is 2. The van der Waals surface area contributed by atoms with Crippen LogP contribution in [0.3, 0.4) is 0 Å². The maximum absolute atomic E-state index is 13.5. The molecule has 1 aliphatic carbocycles. The second-order valence-electron chi connectivity index (χ2n) is 8.44. The van der Waals surface area contributed by atoms with E-state index in [2.05, 4.69) is 5.32 Å². The number of Topliss-reactive ketones (excluding diaryl/α,β-unsaturated/α-hetero) is 1. The lowest BCUT2D eigenvalue weighted by Gasteiger charge is -2.29. The first-order chi connectivity index (χ1) is 17.0. The third kappa shape index (κ3) is 4.13. The van der Waals surface area contributed by atoms with Crippen molar-refractivity contribution in [3.63, 3.8) is 0 Å². The molecule has 0 bridgehead atoms. The van der Waals surface area contributed by atoms with Crippen molar-refractivity contribution < 1.29 is 19.1 Å². The largest absolute Gasteiger partial charge is 0.487 e. The summed E-state index contributed by atoms with van der Waals surface area (Å²) < 4.78 is 11.3. The quantitative estimate of drug-likeness (QED) is 0.430. The number of ether oxygens (including phenoxy) is 2. The summed E-state index contributed by atoms with van der Waals surface area (Å²) in [6, 6.07) is 22.7. The molecule has 1 N–H and O–H groups in total. The molecule has 3 aromatic carbocycles. The number of nitrogens with one attached hydrogen (secondary N) is 1. The summed E-state index contributed by atoms with van der Waals surface area (Å²) in [6.07, 6.45) is 0. The van der Waals surface area contributed by atoms with E-state index in [1.807, 2.05) is 67.6 Å². The van der Waals surface area contributed by atoms with Gasteiger partial charge in [0.1, 0.15) is 12.4 Å². The first kappa shape index (κ1) is 22.9. The van der Waals surface area contributed by atoms with Gasteiger partial charge < -0.3 is 14.8 Å². The highest BCUT2D eigenvalue weighted by Gasteiger charge is 2.43. The van der Waals surface area contributed by atoms with Crippen LogP contribution in [0.25, 0.3) is 5.70 Å². The molecular formula is C29H24ClNO4. The summed E-state index contributed by atoms with van der Waals surface area (Å²) in [6.45, 7) is 4.20. The highest BCUT2D eigenvalue weighted by molar-refractivity contribution is 6.32. The van der Waals surface area contributed by atoms with E-state index in [-0.39, 0.29) is 12.4 Å². The maximum atomic E-state index is 13.5. The summed E-state index contributed by atoms with van der Waals surface area (Å²) in [4.78, 5) is 26.6. The first-order valence-corrected chi connectivity index (χ1v) is 11.9. The Morgan fingerprint density at radius 2 is 1.71 bits per heavy atom. The summed E-state index contributed by atoms with van der Waals surface area (Å²) in [7, 11) is 0. The Balaban J connectivity index is 1.55. The molecule has 0 saturated heterocycles. The highest BCUT2D eigenvalue weighted by atomic mass is 35.5. The topological polar surface area (TPSA) is 64.6 Å². The van der Waals surface area contributed by atoms with E-state index in [0.717, 1.165) is 22.4 Å². The Bertz CT molecular complexity index is 1390. The molecule has 0 radical (unpaired) electrons. The zero-order valence-corrected chi connectivity index (χ0v) is 20.2. The van der Waals surface area contributed by atoms with Gasteiger partial charge in [-0.1, -0.05) is 72.3 Å². The molecule has 2 aliphatic rings. The Morgan fingerprint density at radius 1 is 1.00 bits per heavy atom. The van der Waals surface area contributed by atoms with E-state index in [4.69, 9.17) is 21.1 Å². The second-order valence-corrected chi connectivity index (χ2v) is 8.85. The van der Waals surface area contributed by atoms with Gasteiger partial charge in [-0.2, -0.15) is 0 Å². The van der Waals surface area contributed by atoms with Crippen molar-refractivity contribution in [3.05, 3.63) is 117 Å². The Kier molecular flexibility index (Phi) is 6.18. The van der Waals surface area contributed by atoms with Crippen LogP contribution < -0.4 is 10.1 Å². The van der Waals surface area contributed by atoms with Crippen LogP contribution in [0.5, 0.6) is 5.75 Å². The second kappa shape index (κ2) is 9.43. The van der Waals surface area contributed by atoms with Crippen LogP contribution in [0.1, 0.15) is 46.8 Å². The highest BCUT2D eigenvalue weighted by Crippen LogP contribution is 2.47. The maximum Gasteiger partial charge on any atom is 0.336 e. The minimum Gasteiger partial charge on any atom is -0.487 e. The molecule has 1 aliphatic heterocycles. The molecule has 0 aromatic heterocycles. The van der Waals surface area contributed by atoms with Gasteiger partial charge in [0.05, 0.1) is 22.9 Å². The number of esters is 1. The molecule has 5 rings (SSSR count). The van der Waals surface area contributed by atoms with Gasteiger partial charge in [-0.05, 0) is 37.1 Å². The number of dihydropyridines is 1. The van der Waals surface area contributed by atoms with E-state index >= 15 is 0 Å². The van der Waals surface area contributed by atoms with Crippen molar-refractivity contribution in [2.75, 3.05) is 6.61 Å². The van der Waals surface area contributed by atoms with Crippen LogP contribution >= 0.6 is 11.6 Å². The van der Waals surface area contributed by atoms with Crippen LogP contribution in [-0.2, 0) is 16.1 Å². The van der Waals surface area contributed by atoms with Crippen molar-refractivity contribution in [3.8, 4) is 5.75 Å². The Morgan fingerprint density at radius 3 is 2.43 bits per heavy atom. The third-order valence-electron chi connectivity index (χ3n) is 6.27. The standard InChI is InChI=1S/C29H24ClNO4/c1-3-34-29(33)24-17(2)31-27-20-11-7-8-12-21(20)28(32)26(27)25(24)19-13-14-23(22(30)15-19)35-16-18-9-5-4-6-10-18/h4-15,25,31H,3,16H2,1-2H3/t25-/m0/s1. The summed E-state index contributed by atoms with van der Waals surface area (Å²) >= 11 is 6.63. The predicted molar refractivity (Wildman–Crippen MR) is 135 cm³/mol. The average molecular weight is 486 g/mol. The van der Waals surface area contributed by atoms with E-state index in [9.17, 15) is 9.59 Å². The van der Waals surface area contributed by atoms with Crippen LogP contribution in [0.4, 0.5) is 0 Å². The van der Waals surface area contributed by atoms with Crippen molar-refractivity contribution in [2.45, 2.75) is 26.4 Å². The molecule has 0 amide bonds. The van der Waals surface area contributed by atoms with E-state index in [1.54, 1.807) is 19.1 Å². The molecule has 3 aromatic rings. The fourth-order valence-corrected chi connectivity index (χ4v) is 4.93. The van der Waals surface area contributed by atoms with Gasteiger partial charge in [0, 0.05) is 28.3 Å². The SMILES string of the molecule is CCOC(=O)C1=C(C)NC2=C(C(=O)c3ccccc32)[C@H]1c1ccc(OCc2ccccc2)c(Cl)c1. The monoisotopic (exact) mass is 485 g/mol. The number of rotatable bonds is 6. The number of halogens is 1. The van der Waals surface area contributed by atoms with Crippen LogP contribution in [-0.4, -0.2) is 18.4 Å². The zero-order valence-electron chi connectivity index (χ0n) is 19.4. The molecule has 0 unspecified atom stereocenters. The van der Waals surface area contributed by atoms with Crippen LogP contribution in [0.2, 0.25) is 5.02 Å². The molecule has 5 nitrogen and oxygen atoms in total. The van der Waals surface area contributed by atoms with Crippen LogP contribution in [0, 0.1) is 0 Å². The summed E-state index contributed by atoms with van der Waals surface area (Å²) in [5.41, 5.74) is 5.49. The molecule has 6 heteroatoms. The number of carbonyl (C=O) groups excluding carboxylic acids is 2. The predicted octanol–water partition coefficient (Wildman–Crippen LogP) is 6.05. The lowest BCUT2D eigenvalue weighted by molar-refractivity contribution is -0.138. The molecule has 1 heterocycles. The first-order valence-electron chi connectivity index (χ1n) is 11.5. The number of hydrogen-bond donors (Lipinski definition) is 1. The number of carbonyl (C=O) groups is 2. The van der Waals surface area contributed by atoms with Gasteiger partial charge in [0.25, 0.3) is 0 Å². The summed E-state index contributed by atoms with van der Waals surface area (Å²) in [5, 5.41) is 3.70.